The fraction of sp³-hybridized carbons (Fsp3) is 0.500. The third kappa shape index (κ3) is 3.85. The first kappa shape index (κ1) is 15.8. The summed E-state index contributed by atoms with van der Waals surface area (Å²) in [7, 11) is 0. The molecule has 1 aliphatic rings. The maximum Gasteiger partial charge on any atom is 0.227 e. The molecular formula is C14H21ClN2O2. The Bertz CT molecular complexity index is 449. The molecule has 0 fully saturated rings. The number of rotatable bonds is 3. The van der Waals surface area contributed by atoms with Crippen LogP contribution in [0.15, 0.2) is 18.2 Å². The lowest BCUT2D eigenvalue weighted by Crippen LogP contribution is -2.38. The SMILES string of the molecule is Cc1ccc2c(c1)OCCN2C(=O)CCC(C)N.Cl. The number of hydrogen-bond acceptors (Lipinski definition) is 3. The van der Waals surface area contributed by atoms with E-state index in [4.69, 9.17) is 10.5 Å². The van der Waals surface area contributed by atoms with E-state index in [9.17, 15) is 4.79 Å². The predicted octanol–water partition coefficient (Wildman–Crippen LogP) is 2.27. The van der Waals surface area contributed by atoms with Gasteiger partial charge >= 0.3 is 0 Å². The monoisotopic (exact) mass is 284 g/mol. The molecule has 4 nitrogen and oxygen atoms in total. The third-order valence-corrected chi connectivity index (χ3v) is 3.09. The van der Waals surface area contributed by atoms with Crippen molar-refractivity contribution in [2.75, 3.05) is 18.1 Å². The maximum absolute atomic E-state index is 12.2. The highest BCUT2D eigenvalue weighted by Gasteiger charge is 2.23. The number of anilines is 1. The van der Waals surface area contributed by atoms with Crippen molar-refractivity contribution in [2.24, 2.45) is 5.73 Å². The minimum absolute atomic E-state index is 0. The molecule has 5 heteroatoms. The number of hydrogen-bond donors (Lipinski definition) is 1. The lowest BCUT2D eigenvalue weighted by Gasteiger charge is -2.30. The fourth-order valence-corrected chi connectivity index (χ4v) is 2.07. The van der Waals surface area contributed by atoms with Crippen molar-refractivity contribution >= 4 is 24.0 Å². The molecule has 2 N–H and O–H groups in total. The van der Waals surface area contributed by atoms with Crippen molar-refractivity contribution in [3.8, 4) is 5.75 Å². The molecule has 0 radical (unpaired) electrons. The second-order valence-electron chi connectivity index (χ2n) is 4.88. The van der Waals surface area contributed by atoms with E-state index in [2.05, 4.69) is 0 Å². The van der Waals surface area contributed by atoms with Crippen LogP contribution < -0.4 is 15.4 Å². The van der Waals surface area contributed by atoms with Gasteiger partial charge in [0, 0.05) is 12.5 Å². The predicted molar refractivity (Wildman–Crippen MR) is 79.2 cm³/mol. The number of ether oxygens (including phenoxy) is 1. The molecule has 1 heterocycles. The van der Waals surface area contributed by atoms with Gasteiger partial charge < -0.3 is 15.4 Å². The summed E-state index contributed by atoms with van der Waals surface area (Å²) in [6.45, 7) is 5.11. The highest BCUT2D eigenvalue weighted by atomic mass is 35.5. The Labute approximate surface area is 120 Å². The van der Waals surface area contributed by atoms with E-state index < -0.39 is 0 Å². The van der Waals surface area contributed by atoms with Crippen LogP contribution in [0.1, 0.15) is 25.3 Å². The molecule has 2 rings (SSSR count). The van der Waals surface area contributed by atoms with Crippen LogP contribution >= 0.6 is 12.4 Å². The zero-order chi connectivity index (χ0) is 13.1. The van der Waals surface area contributed by atoms with Crippen molar-refractivity contribution in [1.29, 1.82) is 0 Å². The number of carbonyl (C=O) groups excluding carboxylic acids is 1. The number of benzene rings is 1. The summed E-state index contributed by atoms with van der Waals surface area (Å²) in [5, 5.41) is 0. The Morgan fingerprint density at radius 2 is 2.26 bits per heavy atom. The van der Waals surface area contributed by atoms with Crippen molar-refractivity contribution in [3.63, 3.8) is 0 Å². The van der Waals surface area contributed by atoms with Crippen LogP contribution in [0.25, 0.3) is 0 Å². The molecule has 0 saturated carbocycles. The first-order valence-corrected chi connectivity index (χ1v) is 6.37. The van der Waals surface area contributed by atoms with Gasteiger partial charge in [0.2, 0.25) is 5.91 Å². The smallest absolute Gasteiger partial charge is 0.227 e. The van der Waals surface area contributed by atoms with Gasteiger partial charge in [0.25, 0.3) is 0 Å². The van der Waals surface area contributed by atoms with Gasteiger partial charge in [-0.3, -0.25) is 4.79 Å². The van der Waals surface area contributed by atoms with Crippen molar-refractivity contribution in [1.82, 2.24) is 0 Å². The molecule has 0 spiro atoms. The summed E-state index contributed by atoms with van der Waals surface area (Å²) in [5.74, 6) is 0.927. The summed E-state index contributed by atoms with van der Waals surface area (Å²) in [5.41, 5.74) is 7.70. The zero-order valence-electron chi connectivity index (χ0n) is 11.4. The van der Waals surface area contributed by atoms with E-state index in [1.54, 1.807) is 4.90 Å². The molecule has 0 bridgehead atoms. The topological polar surface area (TPSA) is 55.6 Å². The molecule has 1 aliphatic heterocycles. The number of carbonyl (C=O) groups is 1. The highest BCUT2D eigenvalue weighted by Crippen LogP contribution is 2.32. The van der Waals surface area contributed by atoms with Gasteiger partial charge in [-0.15, -0.1) is 12.4 Å². The fourth-order valence-electron chi connectivity index (χ4n) is 2.07. The van der Waals surface area contributed by atoms with Crippen molar-refractivity contribution < 1.29 is 9.53 Å². The van der Waals surface area contributed by atoms with E-state index in [-0.39, 0.29) is 24.4 Å². The normalized spacial score (nSPS) is 15.0. The van der Waals surface area contributed by atoms with Gasteiger partial charge in [-0.25, -0.2) is 0 Å². The lowest BCUT2D eigenvalue weighted by molar-refractivity contribution is -0.119. The Morgan fingerprint density at radius 3 is 2.95 bits per heavy atom. The van der Waals surface area contributed by atoms with E-state index in [1.807, 2.05) is 32.0 Å². The van der Waals surface area contributed by atoms with Gasteiger partial charge in [-0.2, -0.15) is 0 Å². The Hall–Kier alpha value is -1.26. The Morgan fingerprint density at radius 1 is 1.53 bits per heavy atom. The van der Waals surface area contributed by atoms with E-state index in [1.165, 1.54) is 0 Å². The number of halogens is 1. The van der Waals surface area contributed by atoms with Gasteiger partial charge in [0.05, 0.1) is 12.2 Å². The van der Waals surface area contributed by atoms with Gasteiger partial charge in [-0.05, 0) is 38.0 Å². The standard InChI is InChI=1S/C14H20N2O2.ClH/c1-10-3-5-12-13(9-10)18-8-7-16(12)14(17)6-4-11(2)15;/h3,5,9,11H,4,6-8,15H2,1-2H3;1H. The van der Waals surface area contributed by atoms with Gasteiger partial charge in [-0.1, -0.05) is 6.07 Å². The number of fused-ring (bicyclic) bond motifs is 1. The molecule has 1 atom stereocenters. The molecule has 1 amide bonds. The van der Waals surface area contributed by atoms with E-state index in [0.717, 1.165) is 23.4 Å². The molecule has 0 aliphatic carbocycles. The average Bonchev–Trinajstić information content (AvgIpc) is 2.34. The van der Waals surface area contributed by atoms with Crippen LogP contribution in [0.4, 0.5) is 5.69 Å². The summed E-state index contributed by atoms with van der Waals surface area (Å²) >= 11 is 0. The molecule has 0 aromatic heterocycles. The molecule has 19 heavy (non-hydrogen) atoms. The molecular weight excluding hydrogens is 264 g/mol. The highest BCUT2D eigenvalue weighted by molar-refractivity contribution is 5.95. The maximum atomic E-state index is 12.2. The van der Waals surface area contributed by atoms with Crippen molar-refractivity contribution in [3.05, 3.63) is 23.8 Å². The summed E-state index contributed by atoms with van der Waals surface area (Å²) in [6, 6.07) is 5.99. The van der Waals surface area contributed by atoms with Crippen LogP contribution in [0.2, 0.25) is 0 Å². The number of nitrogens with zero attached hydrogens (tertiary/aromatic N) is 1. The molecule has 1 aromatic carbocycles. The Kier molecular flexibility index (Phi) is 5.63. The first-order chi connectivity index (χ1) is 8.58. The number of nitrogens with two attached hydrogens (primary N) is 1. The largest absolute Gasteiger partial charge is 0.490 e. The van der Waals surface area contributed by atoms with Crippen LogP contribution in [0, 0.1) is 6.92 Å². The van der Waals surface area contributed by atoms with E-state index in [0.29, 0.717) is 19.6 Å². The number of aryl methyl sites for hydroxylation is 1. The summed E-state index contributed by atoms with van der Waals surface area (Å²) < 4.78 is 5.59. The minimum Gasteiger partial charge on any atom is -0.490 e. The Balaban J connectivity index is 0.00000180. The van der Waals surface area contributed by atoms with Crippen LogP contribution in [-0.2, 0) is 4.79 Å². The second kappa shape index (κ2) is 6.78. The lowest BCUT2D eigenvalue weighted by atomic mass is 10.1. The molecule has 1 unspecified atom stereocenters. The van der Waals surface area contributed by atoms with Gasteiger partial charge in [0.1, 0.15) is 12.4 Å². The number of amides is 1. The van der Waals surface area contributed by atoms with Gasteiger partial charge in [0.15, 0.2) is 0 Å². The quantitative estimate of drug-likeness (QED) is 0.926. The summed E-state index contributed by atoms with van der Waals surface area (Å²) in [6.07, 6.45) is 1.21. The van der Waals surface area contributed by atoms with Crippen LogP contribution in [0.5, 0.6) is 5.75 Å². The summed E-state index contributed by atoms with van der Waals surface area (Å²) in [4.78, 5) is 14.0. The van der Waals surface area contributed by atoms with Crippen LogP contribution in [-0.4, -0.2) is 25.1 Å². The average molecular weight is 285 g/mol. The van der Waals surface area contributed by atoms with Crippen molar-refractivity contribution in [2.45, 2.75) is 32.7 Å². The second-order valence-corrected chi connectivity index (χ2v) is 4.88. The van der Waals surface area contributed by atoms with Crippen LogP contribution in [0.3, 0.4) is 0 Å². The van der Waals surface area contributed by atoms with E-state index >= 15 is 0 Å². The molecule has 1 aromatic rings. The molecule has 0 saturated heterocycles. The molecule has 106 valence electrons. The minimum atomic E-state index is 0. The third-order valence-electron chi connectivity index (χ3n) is 3.09. The first-order valence-electron chi connectivity index (χ1n) is 6.37. The zero-order valence-corrected chi connectivity index (χ0v) is 12.2.